The van der Waals surface area contributed by atoms with Gasteiger partial charge in [-0.3, -0.25) is 0 Å². The number of benzene rings is 1. The average Bonchev–Trinajstić information content (AvgIpc) is 3.05. The molecule has 26 heavy (non-hydrogen) atoms. The Morgan fingerprint density at radius 3 is 2.65 bits per heavy atom. The monoisotopic (exact) mass is 355 g/mol. The van der Waals surface area contributed by atoms with E-state index in [4.69, 9.17) is 0 Å². The Morgan fingerprint density at radius 2 is 1.92 bits per heavy atom. The predicted octanol–water partition coefficient (Wildman–Crippen LogP) is 4.96. The van der Waals surface area contributed by atoms with E-state index in [1.165, 1.54) is 16.8 Å². The summed E-state index contributed by atoms with van der Waals surface area (Å²) >= 11 is 0. The molecule has 0 unspecified atom stereocenters. The van der Waals surface area contributed by atoms with Gasteiger partial charge in [-0.2, -0.15) is 0 Å². The van der Waals surface area contributed by atoms with E-state index < -0.39 is 0 Å². The molecule has 2 amide bonds. The van der Waals surface area contributed by atoms with Gasteiger partial charge in [0.25, 0.3) is 0 Å². The number of nitrogens with one attached hydrogen (secondary N) is 1. The third kappa shape index (κ3) is 6.25. The second kappa shape index (κ2) is 10.7. The zero-order chi connectivity index (χ0) is 18.8. The molecule has 2 aromatic rings. The number of rotatable bonds is 10. The summed E-state index contributed by atoms with van der Waals surface area (Å²) in [5.41, 5.74) is 3.74. The lowest BCUT2D eigenvalue weighted by Crippen LogP contribution is -2.40. The minimum absolute atomic E-state index is 0.0511. The summed E-state index contributed by atoms with van der Waals surface area (Å²) in [6, 6.07) is 12.8. The Balaban J connectivity index is 2.05. The van der Waals surface area contributed by atoms with E-state index >= 15 is 0 Å². The summed E-state index contributed by atoms with van der Waals surface area (Å²) in [7, 11) is 0. The van der Waals surface area contributed by atoms with Crippen molar-refractivity contribution in [3.05, 3.63) is 59.4 Å². The van der Waals surface area contributed by atoms with Crippen LogP contribution in [0.1, 0.15) is 56.4 Å². The molecule has 4 nitrogen and oxygen atoms in total. The minimum atomic E-state index is 0.0511. The Bertz CT molecular complexity index is 678. The molecule has 1 aromatic carbocycles. The van der Waals surface area contributed by atoms with Gasteiger partial charge < -0.3 is 14.8 Å². The molecule has 0 bridgehead atoms. The third-order valence-corrected chi connectivity index (χ3v) is 4.59. The van der Waals surface area contributed by atoms with Crippen LogP contribution in [-0.2, 0) is 13.1 Å². The highest BCUT2D eigenvalue weighted by atomic mass is 16.2. The topological polar surface area (TPSA) is 37.3 Å². The van der Waals surface area contributed by atoms with Gasteiger partial charge in [0.2, 0.25) is 0 Å². The Hall–Kier alpha value is -2.23. The summed E-state index contributed by atoms with van der Waals surface area (Å²) in [6.45, 7) is 9.45. The van der Waals surface area contributed by atoms with Crippen molar-refractivity contribution in [3.63, 3.8) is 0 Å². The molecule has 1 aromatic heterocycles. The number of hydrogen-bond donors (Lipinski definition) is 1. The first-order valence-corrected chi connectivity index (χ1v) is 9.86. The Labute approximate surface area is 158 Å². The fourth-order valence-corrected chi connectivity index (χ4v) is 3.04. The molecular formula is C22H33N3O. The number of carbonyl (C=O) groups excluding carboxylic acids is 1. The van der Waals surface area contributed by atoms with E-state index in [2.05, 4.69) is 73.3 Å². The lowest BCUT2D eigenvalue weighted by atomic mass is 10.1. The van der Waals surface area contributed by atoms with E-state index in [1.807, 2.05) is 4.90 Å². The van der Waals surface area contributed by atoms with E-state index in [0.717, 1.165) is 45.3 Å². The van der Waals surface area contributed by atoms with Crippen LogP contribution in [0.5, 0.6) is 0 Å². The SMILES string of the molecule is CCCCNC(=O)N(CCCC)Cc1cccn1Cc1cccc(C)c1. The highest BCUT2D eigenvalue weighted by molar-refractivity contribution is 5.74. The number of nitrogens with zero attached hydrogens (tertiary/aromatic N) is 2. The molecule has 0 saturated heterocycles. The Morgan fingerprint density at radius 1 is 1.12 bits per heavy atom. The number of carbonyl (C=O) groups is 1. The quantitative estimate of drug-likeness (QED) is 0.601. The highest BCUT2D eigenvalue weighted by Crippen LogP contribution is 2.12. The maximum Gasteiger partial charge on any atom is 0.317 e. The number of amides is 2. The van der Waals surface area contributed by atoms with Crippen molar-refractivity contribution >= 4 is 6.03 Å². The summed E-state index contributed by atoms with van der Waals surface area (Å²) < 4.78 is 2.24. The fourth-order valence-electron chi connectivity index (χ4n) is 3.04. The highest BCUT2D eigenvalue weighted by Gasteiger charge is 2.15. The van der Waals surface area contributed by atoms with Gasteiger partial charge in [-0.15, -0.1) is 0 Å². The van der Waals surface area contributed by atoms with Gasteiger partial charge in [-0.1, -0.05) is 56.5 Å². The smallest absolute Gasteiger partial charge is 0.317 e. The van der Waals surface area contributed by atoms with Gasteiger partial charge >= 0.3 is 6.03 Å². The van der Waals surface area contributed by atoms with Gasteiger partial charge in [-0.25, -0.2) is 4.79 Å². The lowest BCUT2D eigenvalue weighted by Gasteiger charge is -2.24. The molecule has 1 heterocycles. The first-order valence-electron chi connectivity index (χ1n) is 9.86. The molecule has 0 fully saturated rings. The molecule has 0 aliphatic rings. The largest absolute Gasteiger partial charge is 0.345 e. The van der Waals surface area contributed by atoms with Crippen molar-refractivity contribution in [1.82, 2.24) is 14.8 Å². The van der Waals surface area contributed by atoms with Crippen LogP contribution in [0, 0.1) is 6.92 Å². The minimum Gasteiger partial charge on any atom is -0.345 e. The maximum atomic E-state index is 12.6. The second-order valence-electron chi connectivity index (χ2n) is 6.98. The van der Waals surface area contributed by atoms with E-state index in [1.54, 1.807) is 0 Å². The number of aryl methyl sites for hydroxylation is 1. The van der Waals surface area contributed by atoms with Crippen molar-refractivity contribution in [3.8, 4) is 0 Å². The molecule has 0 aliphatic carbocycles. The summed E-state index contributed by atoms with van der Waals surface area (Å²) in [4.78, 5) is 14.5. The molecule has 1 N–H and O–H groups in total. The van der Waals surface area contributed by atoms with E-state index in [9.17, 15) is 4.79 Å². The zero-order valence-corrected chi connectivity index (χ0v) is 16.5. The van der Waals surface area contributed by atoms with Crippen molar-refractivity contribution in [2.24, 2.45) is 0 Å². The summed E-state index contributed by atoms with van der Waals surface area (Å²) in [6.07, 6.45) is 6.33. The van der Waals surface area contributed by atoms with Gasteiger partial charge in [0, 0.05) is 31.5 Å². The number of unbranched alkanes of at least 4 members (excludes halogenated alkanes) is 2. The van der Waals surface area contributed by atoms with Gasteiger partial charge in [0.15, 0.2) is 0 Å². The summed E-state index contributed by atoms with van der Waals surface area (Å²) in [5, 5.41) is 3.06. The standard InChI is InChI=1S/C22H33N3O/c1-4-6-13-23-22(26)25(14-7-5-2)18-21-12-9-15-24(21)17-20-11-8-10-19(3)16-20/h8-12,15-16H,4-7,13-14,17-18H2,1-3H3,(H,23,26). The van der Waals surface area contributed by atoms with E-state index in [-0.39, 0.29) is 6.03 Å². The predicted molar refractivity (Wildman–Crippen MR) is 108 cm³/mol. The maximum absolute atomic E-state index is 12.6. The number of urea groups is 1. The van der Waals surface area contributed by atoms with Crippen LogP contribution in [0.4, 0.5) is 4.79 Å². The second-order valence-corrected chi connectivity index (χ2v) is 6.98. The van der Waals surface area contributed by atoms with Crippen LogP contribution < -0.4 is 5.32 Å². The number of hydrogen-bond acceptors (Lipinski definition) is 1. The first-order chi connectivity index (χ1) is 12.6. The van der Waals surface area contributed by atoms with Gasteiger partial charge in [-0.05, 0) is 37.5 Å². The fraction of sp³-hybridized carbons (Fsp3) is 0.500. The van der Waals surface area contributed by atoms with Crippen LogP contribution in [0.15, 0.2) is 42.6 Å². The van der Waals surface area contributed by atoms with Gasteiger partial charge in [0.1, 0.15) is 0 Å². The van der Waals surface area contributed by atoms with Crippen molar-refractivity contribution in [2.75, 3.05) is 13.1 Å². The zero-order valence-electron chi connectivity index (χ0n) is 16.5. The molecule has 0 radical (unpaired) electrons. The van der Waals surface area contributed by atoms with Gasteiger partial charge in [0.05, 0.1) is 6.54 Å². The molecule has 4 heteroatoms. The first kappa shape index (κ1) is 20.1. The van der Waals surface area contributed by atoms with Crippen LogP contribution in [0.2, 0.25) is 0 Å². The van der Waals surface area contributed by atoms with Crippen LogP contribution >= 0.6 is 0 Å². The molecule has 2 rings (SSSR count). The third-order valence-electron chi connectivity index (χ3n) is 4.59. The van der Waals surface area contributed by atoms with Crippen molar-refractivity contribution < 1.29 is 4.79 Å². The lowest BCUT2D eigenvalue weighted by molar-refractivity contribution is 0.192. The average molecular weight is 356 g/mol. The Kier molecular flexibility index (Phi) is 8.26. The molecule has 142 valence electrons. The summed E-state index contributed by atoms with van der Waals surface area (Å²) in [5.74, 6) is 0. The molecule has 0 aliphatic heterocycles. The molecule has 0 spiro atoms. The molecule has 0 atom stereocenters. The number of aromatic nitrogens is 1. The van der Waals surface area contributed by atoms with Crippen LogP contribution in [-0.4, -0.2) is 28.6 Å². The van der Waals surface area contributed by atoms with Crippen LogP contribution in [0.3, 0.4) is 0 Å². The molecular weight excluding hydrogens is 322 g/mol. The van der Waals surface area contributed by atoms with Crippen LogP contribution in [0.25, 0.3) is 0 Å². The van der Waals surface area contributed by atoms with Crippen molar-refractivity contribution in [2.45, 2.75) is 59.5 Å². The molecule has 0 saturated carbocycles. The normalized spacial score (nSPS) is 10.7. The van der Waals surface area contributed by atoms with E-state index in [0.29, 0.717) is 6.54 Å². The van der Waals surface area contributed by atoms with Crippen molar-refractivity contribution in [1.29, 1.82) is 0 Å².